The van der Waals surface area contributed by atoms with Gasteiger partial charge in [0.2, 0.25) is 11.2 Å². The Kier molecular flexibility index (Phi) is 3.03. The molecule has 3 aromatic rings. The van der Waals surface area contributed by atoms with Crippen LogP contribution in [0.5, 0.6) is 5.95 Å². The fraction of sp³-hybridized carbons (Fsp3) is 0.211. The molecule has 0 fully saturated rings. The topological polar surface area (TPSA) is 59.7 Å². The standard InChI is InChI=1S/C19H16O4/c1-19(21)11-14(12-7-3-2-4-8-12)16-17(20)13-9-5-6-10-15(13)22-18(16)23-19/h2-10,14,21H,11H2,1H3/t14-,19-/m1/s1. The van der Waals surface area contributed by atoms with Crippen molar-refractivity contribution in [3.63, 3.8) is 0 Å². The quantitative estimate of drug-likeness (QED) is 0.748. The fourth-order valence-corrected chi connectivity index (χ4v) is 3.20. The average molecular weight is 308 g/mol. The lowest BCUT2D eigenvalue weighted by atomic mass is 9.84. The molecule has 0 aliphatic carbocycles. The van der Waals surface area contributed by atoms with Crippen LogP contribution in [0.4, 0.5) is 0 Å². The minimum Gasteiger partial charge on any atom is -0.433 e. The Morgan fingerprint density at radius 2 is 1.78 bits per heavy atom. The Bertz CT molecular complexity index is 925. The number of benzene rings is 2. The van der Waals surface area contributed by atoms with Crippen molar-refractivity contribution in [1.82, 2.24) is 0 Å². The lowest BCUT2D eigenvalue weighted by molar-refractivity contribution is -0.148. The zero-order chi connectivity index (χ0) is 16.0. The van der Waals surface area contributed by atoms with Crippen molar-refractivity contribution in [2.45, 2.75) is 25.0 Å². The first-order valence-corrected chi connectivity index (χ1v) is 7.57. The lowest BCUT2D eigenvalue weighted by Gasteiger charge is -2.34. The molecule has 0 saturated heterocycles. The number of aliphatic hydroxyl groups is 1. The number of rotatable bonds is 1. The molecule has 1 aromatic heterocycles. The van der Waals surface area contributed by atoms with Crippen molar-refractivity contribution in [1.29, 1.82) is 0 Å². The van der Waals surface area contributed by atoms with Gasteiger partial charge in [-0.15, -0.1) is 0 Å². The SMILES string of the molecule is C[C@]1(O)C[C@H](c2ccccc2)c2c(oc3ccccc3c2=O)O1. The van der Waals surface area contributed by atoms with Crippen LogP contribution >= 0.6 is 0 Å². The number of ether oxygens (including phenoxy) is 1. The summed E-state index contributed by atoms with van der Waals surface area (Å²) in [4.78, 5) is 12.9. The van der Waals surface area contributed by atoms with Gasteiger partial charge in [0.15, 0.2) is 0 Å². The summed E-state index contributed by atoms with van der Waals surface area (Å²) in [6, 6.07) is 16.7. The molecular formula is C19H16O4. The summed E-state index contributed by atoms with van der Waals surface area (Å²) >= 11 is 0. The highest BCUT2D eigenvalue weighted by atomic mass is 16.7. The predicted molar refractivity (Wildman–Crippen MR) is 86.6 cm³/mol. The molecule has 2 aromatic carbocycles. The van der Waals surface area contributed by atoms with E-state index in [1.54, 1.807) is 25.1 Å². The molecule has 0 amide bonds. The first-order valence-electron chi connectivity index (χ1n) is 7.57. The molecule has 1 N–H and O–H groups in total. The zero-order valence-corrected chi connectivity index (χ0v) is 12.7. The second kappa shape index (κ2) is 4.96. The second-order valence-corrected chi connectivity index (χ2v) is 6.07. The highest BCUT2D eigenvalue weighted by molar-refractivity contribution is 5.78. The van der Waals surface area contributed by atoms with E-state index in [2.05, 4.69) is 0 Å². The van der Waals surface area contributed by atoms with Gasteiger partial charge in [0.05, 0.1) is 10.9 Å². The summed E-state index contributed by atoms with van der Waals surface area (Å²) in [5, 5.41) is 11.0. The second-order valence-electron chi connectivity index (χ2n) is 6.07. The van der Waals surface area contributed by atoms with Gasteiger partial charge < -0.3 is 14.3 Å². The summed E-state index contributed by atoms with van der Waals surface area (Å²) < 4.78 is 11.3. The zero-order valence-electron chi connectivity index (χ0n) is 12.7. The van der Waals surface area contributed by atoms with Crippen molar-refractivity contribution in [2.24, 2.45) is 0 Å². The van der Waals surface area contributed by atoms with Crippen LogP contribution in [0.2, 0.25) is 0 Å². The Morgan fingerprint density at radius 3 is 2.57 bits per heavy atom. The number of hydrogen-bond donors (Lipinski definition) is 1. The van der Waals surface area contributed by atoms with Gasteiger partial charge in [0.1, 0.15) is 5.58 Å². The molecule has 1 aliphatic rings. The van der Waals surface area contributed by atoms with Crippen LogP contribution in [0.15, 0.2) is 63.8 Å². The fourth-order valence-electron chi connectivity index (χ4n) is 3.20. The maximum atomic E-state index is 12.9. The third-order valence-electron chi connectivity index (χ3n) is 4.24. The first kappa shape index (κ1) is 14.0. The van der Waals surface area contributed by atoms with Crippen molar-refractivity contribution in [3.05, 3.63) is 75.9 Å². The molecule has 4 rings (SSSR count). The van der Waals surface area contributed by atoms with Crippen LogP contribution in [0.3, 0.4) is 0 Å². The van der Waals surface area contributed by atoms with Crippen LogP contribution in [0.25, 0.3) is 11.0 Å². The molecule has 1 aliphatic heterocycles. The molecule has 0 bridgehead atoms. The number of fused-ring (bicyclic) bond motifs is 2. The van der Waals surface area contributed by atoms with Gasteiger partial charge in [-0.2, -0.15) is 0 Å². The van der Waals surface area contributed by atoms with E-state index in [0.717, 1.165) is 5.56 Å². The minimum atomic E-state index is -1.38. The summed E-state index contributed by atoms with van der Waals surface area (Å²) in [6.45, 7) is 1.58. The summed E-state index contributed by atoms with van der Waals surface area (Å²) in [5.41, 5.74) is 1.79. The van der Waals surface area contributed by atoms with Gasteiger partial charge in [0.25, 0.3) is 5.95 Å². The van der Waals surface area contributed by atoms with Crippen LogP contribution in [0, 0.1) is 0 Å². The highest BCUT2D eigenvalue weighted by Gasteiger charge is 2.40. The molecule has 2 atom stereocenters. The van der Waals surface area contributed by atoms with Gasteiger partial charge in [0, 0.05) is 19.3 Å². The highest BCUT2D eigenvalue weighted by Crippen LogP contribution is 2.42. The van der Waals surface area contributed by atoms with Crippen molar-refractivity contribution in [2.75, 3.05) is 0 Å². The summed E-state index contributed by atoms with van der Waals surface area (Å²) in [5.74, 6) is -1.54. The molecule has 4 heteroatoms. The monoisotopic (exact) mass is 308 g/mol. The molecule has 116 valence electrons. The molecule has 0 spiro atoms. The van der Waals surface area contributed by atoms with E-state index < -0.39 is 5.79 Å². The van der Waals surface area contributed by atoms with Crippen LogP contribution in [-0.4, -0.2) is 10.9 Å². The third-order valence-corrected chi connectivity index (χ3v) is 4.24. The Hall–Kier alpha value is -2.59. The van der Waals surface area contributed by atoms with E-state index in [4.69, 9.17) is 9.15 Å². The molecular weight excluding hydrogens is 292 g/mol. The Labute approximate surface area is 132 Å². The molecule has 0 radical (unpaired) electrons. The van der Waals surface area contributed by atoms with Crippen LogP contribution in [0.1, 0.15) is 30.4 Å². The first-order chi connectivity index (χ1) is 11.1. The molecule has 0 unspecified atom stereocenters. The summed E-state index contributed by atoms with van der Waals surface area (Å²) in [7, 11) is 0. The van der Waals surface area contributed by atoms with E-state index in [0.29, 0.717) is 23.0 Å². The van der Waals surface area contributed by atoms with Gasteiger partial charge in [-0.25, -0.2) is 0 Å². The normalized spacial score (nSPS) is 23.3. The van der Waals surface area contributed by atoms with E-state index in [9.17, 15) is 9.90 Å². The molecule has 2 heterocycles. The average Bonchev–Trinajstić information content (AvgIpc) is 2.54. The van der Waals surface area contributed by atoms with Crippen LogP contribution in [-0.2, 0) is 0 Å². The van der Waals surface area contributed by atoms with Gasteiger partial charge in [-0.1, -0.05) is 42.5 Å². The Morgan fingerprint density at radius 1 is 1.09 bits per heavy atom. The smallest absolute Gasteiger partial charge is 0.295 e. The van der Waals surface area contributed by atoms with Crippen molar-refractivity contribution >= 4 is 11.0 Å². The van der Waals surface area contributed by atoms with Crippen molar-refractivity contribution in [3.8, 4) is 5.95 Å². The van der Waals surface area contributed by atoms with Crippen LogP contribution < -0.4 is 10.2 Å². The molecule has 0 saturated carbocycles. The van der Waals surface area contributed by atoms with Gasteiger partial charge in [-0.3, -0.25) is 4.79 Å². The lowest BCUT2D eigenvalue weighted by Crippen LogP contribution is -2.40. The summed E-state index contributed by atoms with van der Waals surface area (Å²) in [6.07, 6.45) is 0.299. The van der Waals surface area contributed by atoms with E-state index in [-0.39, 0.29) is 17.3 Å². The minimum absolute atomic E-state index is 0.105. The predicted octanol–water partition coefficient (Wildman–Crippen LogP) is 3.42. The largest absolute Gasteiger partial charge is 0.433 e. The molecule has 4 nitrogen and oxygen atoms in total. The van der Waals surface area contributed by atoms with E-state index in [1.165, 1.54) is 0 Å². The number of hydrogen-bond acceptors (Lipinski definition) is 4. The van der Waals surface area contributed by atoms with Crippen molar-refractivity contribution < 1.29 is 14.3 Å². The van der Waals surface area contributed by atoms with Gasteiger partial charge >= 0.3 is 0 Å². The molecule has 23 heavy (non-hydrogen) atoms. The third kappa shape index (κ3) is 2.32. The number of para-hydroxylation sites is 1. The van der Waals surface area contributed by atoms with Gasteiger partial charge in [-0.05, 0) is 17.7 Å². The van der Waals surface area contributed by atoms with E-state index in [1.807, 2.05) is 36.4 Å². The van der Waals surface area contributed by atoms with E-state index >= 15 is 0 Å². The maximum Gasteiger partial charge on any atom is 0.295 e. The maximum absolute atomic E-state index is 12.9. The Balaban J connectivity index is 2.02.